The summed E-state index contributed by atoms with van der Waals surface area (Å²) in [5, 5.41) is 8.81. The van der Waals surface area contributed by atoms with Crippen molar-refractivity contribution in [2.24, 2.45) is 5.92 Å². The number of carbonyl (C=O) groups is 1. The minimum Gasteiger partial charge on any atom is -0.360 e. The standard InChI is InChI=1S/C13H22N2O2/c1-3-5-6-11(4-2)13(16)15-7-8-17-12(9-14)10-15/h11-12H,3-8,10H2,1-2H3. The van der Waals surface area contributed by atoms with Crippen LogP contribution in [0.4, 0.5) is 0 Å². The Morgan fingerprint density at radius 2 is 2.35 bits per heavy atom. The van der Waals surface area contributed by atoms with Gasteiger partial charge < -0.3 is 9.64 Å². The Balaban J connectivity index is 2.52. The highest BCUT2D eigenvalue weighted by molar-refractivity contribution is 5.79. The van der Waals surface area contributed by atoms with E-state index in [0.717, 1.165) is 25.7 Å². The number of unbranched alkanes of at least 4 members (excludes halogenated alkanes) is 1. The van der Waals surface area contributed by atoms with Crippen LogP contribution in [0.2, 0.25) is 0 Å². The van der Waals surface area contributed by atoms with Crippen LogP contribution in [-0.2, 0) is 9.53 Å². The van der Waals surface area contributed by atoms with Crippen molar-refractivity contribution in [3.05, 3.63) is 0 Å². The smallest absolute Gasteiger partial charge is 0.225 e. The molecule has 0 saturated carbocycles. The monoisotopic (exact) mass is 238 g/mol. The Kier molecular flexibility index (Phi) is 5.99. The van der Waals surface area contributed by atoms with Crippen molar-refractivity contribution in [2.45, 2.75) is 45.6 Å². The van der Waals surface area contributed by atoms with Crippen molar-refractivity contribution in [2.75, 3.05) is 19.7 Å². The maximum absolute atomic E-state index is 12.3. The molecule has 1 fully saturated rings. The van der Waals surface area contributed by atoms with Crippen LogP contribution < -0.4 is 0 Å². The fraction of sp³-hybridized carbons (Fsp3) is 0.846. The summed E-state index contributed by atoms with van der Waals surface area (Å²) < 4.78 is 5.25. The van der Waals surface area contributed by atoms with E-state index in [2.05, 4.69) is 19.9 Å². The van der Waals surface area contributed by atoms with E-state index in [9.17, 15) is 4.79 Å². The lowest BCUT2D eigenvalue weighted by molar-refractivity contribution is -0.141. The maximum Gasteiger partial charge on any atom is 0.225 e. The number of rotatable bonds is 5. The van der Waals surface area contributed by atoms with Crippen LogP contribution in [0.5, 0.6) is 0 Å². The Labute approximate surface area is 104 Å². The van der Waals surface area contributed by atoms with E-state index in [1.54, 1.807) is 4.90 Å². The molecule has 1 aliphatic heterocycles. The highest BCUT2D eigenvalue weighted by Crippen LogP contribution is 2.17. The molecule has 1 aliphatic rings. The number of hydrogen-bond donors (Lipinski definition) is 0. The number of hydrogen-bond acceptors (Lipinski definition) is 3. The molecule has 2 unspecified atom stereocenters. The molecule has 0 aliphatic carbocycles. The lowest BCUT2D eigenvalue weighted by atomic mass is 9.97. The van der Waals surface area contributed by atoms with Crippen LogP contribution in [0, 0.1) is 17.2 Å². The zero-order valence-corrected chi connectivity index (χ0v) is 10.8. The van der Waals surface area contributed by atoms with Crippen LogP contribution in [0.3, 0.4) is 0 Å². The van der Waals surface area contributed by atoms with Gasteiger partial charge in [-0.3, -0.25) is 4.79 Å². The third kappa shape index (κ3) is 4.01. The summed E-state index contributed by atoms with van der Waals surface area (Å²) in [6, 6.07) is 2.07. The molecule has 17 heavy (non-hydrogen) atoms. The Morgan fingerprint density at radius 3 is 2.94 bits per heavy atom. The molecule has 1 rings (SSSR count). The first kappa shape index (κ1) is 14.0. The first-order valence-corrected chi connectivity index (χ1v) is 6.52. The Morgan fingerprint density at radius 1 is 1.59 bits per heavy atom. The van der Waals surface area contributed by atoms with E-state index < -0.39 is 6.10 Å². The van der Waals surface area contributed by atoms with E-state index in [0.29, 0.717) is 19.7 Å². The minimum atomic E-state index is -0.448. The molecule has 0 aromatic carbocycles. The van der Waals surface area contributed by atoms with Crippen molar-refractivity contribution >= 4 is 5.91 Å². The normalized spacial score (nSPS) is 21.9. The topological polar surface area (TPSA) is 53.3 Å². The van der Waals surface area contributed by atoms with Crippen molar-refractivity contribution in [3.63, 3.8) is 0 Å². The van der Waals surface area contributed by atoms with E-state index in [1.807, 2.05) is 0 Å². The summed E-state index contributed by atoms with van der Waals surface area (Å²) in [4.78, 5) is 14.1. The van der Waals surface area contributed by atoms with E-state index in [4.69, 9.17) is 10.00 Å². The van der Waals surface area contributed by atoms with Gasteiger partial charge >= 0.3 is 0 Å². The van der Waals surface area contributed by atoms with Gasteiger partial charge in [-0.2, -0.15) is 5.26 Å². The molecule has 1 heterocycles. The first-order valence-electron chi connectivity index (χ1n) is 6.52. The molecule has 0 radical (unpaired) electrons. The van der Waals surface area contributed by atoms with Gasteiger partial charge in [-0.15, -0.1) is 0 Å². The van der Waals surface area contributed by atoms with Crippen LogP contribution in [0.25, 0.3) is 0 Å². The summed E-state index contributed by atoms with van der Waals surface area (Å²) in [7, 11) is 0. The van der Waals surface area contributed by atoms with Crippen molar-refractivity contribution in [1.29, 1.82) is 5.26 Å². The predicted octanol–water partition coefficient (Wildman–Crippen LogP) is 1.95. The lowest BCUT2D eigenvalue weighted by Gasteiger charge is -2.32. The van der Waals surface area contributed by atoms with Crippen molar-refractivity contribution < 1.29 is 9.53 Å². The molecule has 0 aromatic heterocycles. The summed E-state index contributed by atoms with van der Waals surface area (Å²) in [6.07, 6.45) is 3.61. The molecule has 0 spiro atoms. The minimum absolute atomic E-state index is 0.118. The number of carbonyl (C=O) groups excluding carboxylic acids is 1. The first-order chi connectivity index (χ1) is 8.22. The fourth-order valence-electron chi connectivity index (χ4n) is 2.14. The second-order valence-corrected chi connectivity index (χ2v) is 4.52. The van der Waals surface area contributed by atoms with Gasteiger partial charge in [0.15, 0.2) is 6.10 Å². The number of ether oxygens (including phenoxy) is 1. The summed E-state index contributed by atoms with van der Waals surface area (Å²) in [6.45, 7) is 5.73. The maximum atomic E-state index is 12.3. The number of nitrogens with zero attached hydrogens (tertiary/aromatic N) is 2. The van der Waals surface area contributed by atoms with Gasteiger partial charge in [0.25, 0.3) is 0 Å². The highest BCUT2D eigenvalue weighted by Gasteiger charge is 2.27. The van der Waals surface area contributed by atoms with Crippen LogP contribution in [0.15, 0.2) is 0 Å². The van der Waals surface area contributed by atoms with E-state index in [-0.39, 0.29) is 11.8 Å². The average Bonchev–Trinajstić information content (AvgIpc) is 2.39. The van der Waals surface area contributed by atoms with Gasteiger partial charge in [-0.05, 0) is 12.8 Å². The van der Waals surface area contributed by atoms with Gasteiger partial charge in [0, 0.05) is 12.5 Å². The van der Waals surface area contributed by atoms with Gasteiger partial charge in [0.05, 0.1) is 19.2 Å². The van der Waals surface area contributed by atoms with E-state index in [1.165, 1.54) is 0 Å². The quantitative estimate of drug-likeness (QED) is 0.735. The van der Waals surface area contributed by atoms with Crippen LogP contribution in [0.1, 0.15) is 39.5 Å². The molecule has 0 bridgehead atoms. The zero-order chi connectivity index (χ0) is 12.7. The largest absolute Gasteiger partial charge is 0.360 e. The number of amides is 1. The van der Waals surface area contributed by atoms with Crippen LogP contribution in [-0.4, -0.2) is 36.6 Å². The summed E-state index contributed by atoms with van der Waals surface area (Å²) in [5.41, 5.74) is 0. The molecule has 4 heteroatoms. The van der Waals surface area contributed by atoms with Gasteiger partial charge in [-0.25, -0.2) is 0 Å². The second-order valence-electron chi connectivity index (χ2n) is 4.52. The van der Waals surface area contributed by atoms with Crippen LogP contribution >= 0.6 is 0 Å². The predicted molar refractivity (Wildman–Crippen MR) is 65.2 cm³/mol. The summed E-state index contributed by atoms with van der Waals surface area (Å²) >= 11 is 0. The number of nitriles is 1. The Bertz CT molecular complexity index is 286. The Hall–Kier alpha value is -1.08. The molecule has 1 amide bonds. The second kappa shape index (κ2) is 7.29. The van der Waals surface area contributed by atoms with Gasteiger partial charge in [0.2, 0.25) is 5.91 Å². The molecule has 96 valence electrons. The molecular formula is C13H22N2O2. The zero-order valence-electron chi connectivity index (χ0n) is 10.8. The third-order valence-corrected chi connectivity index (χ3v) is 3.27. The molecule has 0 aromatic rings. The van der Waals surface area contributed by atoms with Gasteiger partial charge in [0.1, 0.15) is 0 Å². The third-order valence-electron chi connectivity index (χ3n) is 3.27. The highest BCUT2D eigenvalue weighted by atomic mass is 16.5. The molecule has 2 atom stereocenters. The molecule has 1 saturated heterocycles. The number of morpholine rings is 1. The van der Waals surface area contributed by atoms with Gasteiger partial charge in [-0.1, -0.05) is 26.7 Å². The van der Waals surface area contributed by atoms with Crippen molar-refractivity contribution in [1.82, 2.24) is 4.90 Å². The SMILES string of the molecule is CCCCC(CC)C(=O)N1CCOC(C#N)C1. The summed E-state index contributed by atoms with van der Waals surface area (Å²) in [5.74, 6) is 0.317. The fourth-order valence-corrected chi connectivity index (χ4v) is 2.14. The molecular weight excluding hydrogens is 216 g/mol. The van der Waals surface area contributed by atoms with E-state index >= 15 is 0 Å². The average molecular weight is 238 g/mol. The van der Waals surface area contributed by atoms with Crippen molar-refractivity contribution in [3.8, 4) is 6.07 Å². The lowest BCUT2D eigenvalue weighted by Crippen LogP contribution is -2.47. The molecule has 4 nitrogen and oxygen atoms in total. The molecule has 0 N–H and O–H groups in total.